The number of carbonyl (C=O) groups is 3. The highest BCUT2D eigenvalue weighted by molar-refractivity contribution is 5.80. The zero-order valence-corrected chi connectivity index (χ0v) is 15.5. The van der Waals surface area contributed by atoms with Gasteiger partial charge in [-0.05, 0) is 13.8 Å². The van der Waals surface area contributed by atoms with Gasteiger partial charge in [0.1, 0.15) is 18.0 Å². The van der Waals surface area contributed by atoms with Gasteiger partial charge in [-0.1, -0.05) is 7.43 Å². The van der Waals surface area contributed by atoms with Crippen LogP contribution >= 0.6 is 0 Å². The van der Waals surface area contributed by atoms with Crippen LogP contribution in [0.1, 0.15) is 48.4 Å². The molecule has 0 spiro atoms. The van der Waals surface area contributed by atoms with E-state index in [0.717, 1.165) is 0 Å². The molecule has 28 heavy (non-hydrogen) atoms. The van der Waals surface area contributed by atoms with Crippen molar-refractivity contribution < 1.29 is 55.9 Å². The summed E-state index contributed by atoms with van der Waals surface area (Å²) in [6.45, 7) is 2.57. The zero-order valence-electron chi connectivity index (χ0n) is 16.5. The van der Waals surface area contributed by atoms with Crippen LogP contribution in [0.15, 0.2) is 0 Å². The Bertz CT molecular complexity index is 429. The van der Waals surface area contributed by atoms with Gasteiger partial charge in [0, 0.05) is 12.8 Å². The molecule has 168 valence electrons. The van der Waals surface area contributed by atoms with E-state index in [1.54, 1.807) is 6.92 Å². The van der Waals surface area contributed by atoms with Crippen molar-refractivity contribution in [1.82, 2.24) is 0 Å². The van der Waals surface area contributed by atoms with Crippen LogP contribution in [0.3, 0.4) is 0 Å². The van der Waals surface area contributed by atoms with Crippen LogP contribution in [0.25, 0.3) is 0 Å². The topological polar surface area (TPSA) is 191 Å². The highest BCUT2D eigenvalue weighted by Crippen LogP contribution is 2.27. The smallest absolute Gasteiger partial charge is 0.481 e. The monoisotopic (exact) mass is 415 g/mol. The molecule has 0 amide bonds. The first-order valence-electron chi connectivity index (χ1n) is 8.25. The fourth-order valence-corrected chi connectivity index (χ4v) is 1.59. The lowest BCUT2D eigenvalue weighted by Gasteiger charge is -2.21. The molecule has 0 aromatic rings. The summed E-state index contributed by atoms with van der Waals surface area (Å²) in [5, 5.41) is 49.2. The number of ether oxygens (including phenoxy) is 2. The molecule has 1 heterocycles. The van der Waals surface area contributed by atoms with Crippen LogP contribution in [0, 0.1) is 0 Å². The molecule has 0 radical (unpaired) electrons. The average Bonchev–Trinajstić information content (AvgIpc) is 3.00. The maximum absolute atomic E-state index is 10.3. The summed E-state index contributed by atoms with van der Waals surface area (Å²) < 4.78 is 10.6. The fourth-order valence-electron chi connectivity index (χ4n) is 1.59. The first kappa shape index (κ1) is 31.1. The molecular weight excluding hydrogens is 380 g/mol. The minimum absolute atomic E-state index is 0. The fraction of sp³-hybridized carbons (Fsp3) is 0.824. The third-order valence-corrected chi connectivity index (χ3v) is 3.10. The minimum Gasteiger partial charge on any atom is -0.481 e. The van der Waals surface area contributed by atoms with Crippen molar-refractivity contribution in [3.63, 3.8) is 0 Å². The summed E-state index contributed by atoms with van der Waals surface area (Å²) in [6.07, 6.45) is -0.859. The zero-order chi connectivity index (χ0) is 21.5. The number of aliphatic carboxylic acids is 2. The highest BCUT2D eigenvalue weighted by atomic mass is 16.7. The number of carboxylic acid groups (broad SMARTS) is 2. The van der Waals surface area contributed by atoms with Gasteiger partial charge >= 0.3 is 13.4 Å². The van der Waals surface area contributed by atoms with Gasteiger partial charge in [-0.15, -0.1) is 0 Å². The molecule has 1 saturated heterocycles. The number of hydrogen-bond acceptors (Lipinski definition) is 9. The number of aliphatic hydroxyl groups is 4. The number of rotatable bonds is 9. The van der Waals surface area contributed by atoms with Gasteiger partial charge < -0.3 is 44.9 Å². The second-order valence-electron chi connectivity index (χ2n) is 5.88. The number of hydrogen-bond donors (Lipinski definition) is 6. The van der Waals surface area contributed by atoms with Crippen LogP contribution < -0.4 is 0 Å². The molecule has 1 fully saturated rings. The maximum atomic E-state index is 10.3. The Labute approximate surface area is 166 Å². The summed E-state index contributed by atoms with van der Waals surface area (Å²) in [5.41, 5.74) is 0. The van der Waals surface area contributed by atoms with Crippen molar-refractivity contribution in [3.8, 4) is 0 Å². The molecule has 0 bridgehead atoms. The summed E-state index contributed by atoms with van der Waals surface area (Å²) in [6, 6.07) is 0. The Morgan fingerprint density at radius 2 is 1.57 bits per heavy atom. The van der Waals surface area contributed by atoms with Gasteiger partial charge in [-0.25, -0.2) is 0 Å². The molecule has 0 aliphatic carbocycles. The Kier molecular flexibility index (Phi) is 19.4. The predicted octanol–water partition coefficient (Wildman–Crippen LogP) is -0.504. The van der Waals surface area contributed by atoms with Gasteiger partial charge in [0.15, 0.2) is 5.79 Å². The second-order valence-corrected chi connectivity index (χ2v) is 5.88. The van der Waals surface area contributed by atoms with Crippen molar-refractivity contribution in [2.75, 3.05) is 26.4 Å². The average molecular weight is 415 g/mol. The van der Waals surface area contributed by atoms with E-state index >= 15 is 0 Å². The highest BCUT2D eigenvalue weighted by Gasteiger charge is 2.36. The molecule has 11 nitrogen and oxygen atoms in total. The van der Waals surface area contributed by atoms with Crippen molar-refractivity contribution in [3.05, 3.63) is 0 Å². The number of aliphatic hydroxyl groups excluding tert-OH is 4. The molecule has 1 aliphatic rings. The van der Waals surface area contributed by atoms with Crippen LogP contribution in [0.5, 0.6) is 0 Å². The molecule has 11 heteroatoms. The first-order valence-corrected chi connectivity index (χ1v) is 8.25. The largest absolute Gasteiger partial charge is 1.00 e. The lowest BCUT2D eigenvalue weighted by Crippen LogP contribution is -2.28. The predicted molar refractivity (Wildman–Crippen MR) is 98.8 cm³/mol. The Balaban J connectivity index is -0.000000170. The third kappa shape index (κ3) is 19.1. The lowest BCUT2D eigenvalue weighted by molar-refractivity contribution is -0.168. The minimum atomic E-state index is -0.954. The van der Waals surface area contributed by atoms with Gasteiger partial charge in [0.25, 0.3) is 0 Å². The molecule has 2 unspecified atom stereocenters. The molecule has 0 aromatic carbocycles. The number of ketones is 1. The molecule has 0 aromatic heterocycles. The lowest BCUT2D eigenvalue weighted by atomic mass is 10.2. The van der Waals surface area contributed by atoms with Crippen LogP contribution in [-0.4, -0.2) is 92.8 Å². The van der Waals surface area contributed by atoms with Crippen molar-refractivity contribution in [1.29, 1.82) is 0 Å². The summed E-state index contributed by atoms with van der Waals surface area (Å²) in [4.78, 5) is 30.1. The van der Waals surface area contributed by atoms with Crippen molar-refractivity contribution >= 4 is 17.7 Å². The van der Waals surface area contributed by atoms with Gasteiger partial charge in [0.2, 0.25) is 0 Å². The standard InChI is InChI=1S/C8H14O5.C5H8O3.C3H8O3.CH4/c1-8(3-2-7(10)11)12-5-6(4-9)13-8;1-4(6)2-3-5(7)8;4-1-3(6)2-5;/h6,9H,2-5H2,1H3,(H,10,11);2-3H2,1H3,(H,7,8);3-6H,1-2H2;1H4/p+1. The van der Waals surface area contributed by atoms with E-state index in [-0.39, 0.29) is 59.8 Å². The molecule has 6 N–H and O–H groups in total. The SMILES string of the molecule is C.CC(=O)CCC(=O)O.CC1(CCC(=O)O)OCC(CO)O1.OCC(O)CO.[H+]. The van der Waals surface area contributed by atoms with E-state index in [2.05, 4.69) is 0 Å². The van der Waals surface area contributed by atoms with E-state index in [9.17, 15) is 14.4 Å². The molecule has 1 rings (SSSR count). The van der Waals surface area contributed by atoms with Gasteiger partial charge in [-0.2, -0.15) is 0 Å². The number of Topliss-reactive ketones (excluding diaryl/α,β-unsaturated/α-hetero) is 1. The summed E-state index contributed by atoms with van der Waals surface area (Å²) in [7, 11) is 0. The van der Waals surface area contributed by atoms with E-state index < -0.39 is 23.8 Å². The number of carbonyl (C=O) groups excluding carboxylic acids is 1. The van der Waals surface area contributed by atoms with Crippen LogP contribution in [0.2, 0.25) is 0 Å². The van der Waals surface area contributed by atoms with E-state index in [4.69, 9.17) is 40.1 Å². The summed E-state index contributed by atoms with van der Waals surface area (Å²) in [5.74, 6) is -2.71. The normalized spacial score (nSPS) is 20.2. The van der Waals surface area contributed by atoms with Crippen LogP contribution in [-0.2, 0) is 23.9 Å². The summed E-state index contributed by atoms with van der Waals surface area (Å²) >= 11 is 0. The Morgan fingerprint density at radius 3 is 1.82 bits per heavy atom. The molecule has 0 saturated carbocycles. The van der Waals surface area contributed by atoms with E-state index in [1.807, 2.05) is 0 Å². The Morgan fingerprint density at radius 1 is 1.07 bits per heavy atom. The third-order valence-electron chi connectivity index (χ3n) is 3.10. The maximum Gasteiger partial charge on any atom is 1.00 e. The molecule has 1 aliphatic heterocycles. The van der Waals surface area contributed by atoms with E-state index in [0.29, 0.717) is 13.0 Å². The van der Waals surface area contributed by atoms with E-state index in [1.165, 1.54) is 6.92 Å². The van der Waals surface area contributed by atoms with Crippen molar-refractivity contribution in [2.45, 2.75) is 65.0 Å². The molecule has 2 atom stereocenters. The number of carboxylic acids is 2. The van der Waals surface area contributed by atoms with Gasteiger partial charge in [-0.3, -0.25) is 9.59 Å². The van der Waals surface area contributed by atoms with Crippen LogP contribution in [0.4, 0.5) is 0 Å². The molecular formula is C17H35O11+. The van der Waals surface area contributed by atoms with Gasteiger partial charge in [0.05, 0.1) is 39.3 Å². The quantitative estimate of drug-likeness (QED) is 0.284. The van der Waals surface area contributed by atoms with Crippen molar-refractivity contribution in [2.24, 2.45) is 0 Å². The second kappa shape index (κ2) is 17.5. The Hall–Kier alpha value is -1.63. The first-order chi connectivity index (χ1) is 12.5.